The fourth-order valence-electron chi connectivity index (χ4n) is 2.58. The van der Waals surface area contributed by atoms with Gasteiger partial charge in [-0.2, -0.15) is 4.31 Å². The largest absolute Gasteiger partial charge is 0.379 e. The van der Waals surface area contributed by atoms with Crippen LogP contribution in [0.3, 0.4) is 0 Å². The van der Waals surface area contributed by atoms with Gasteiger partial charge in [-0.3, -0.25) is 4.79 Å². The molecule has 1 aliphatic heterocycles. The normalized spacial score (nSPS) is 15.3. The minimum absolute atomic E-state index is 0.156. The topological polar surface area (TPSA) is 88.6 Å². The van der Waals surface area contributed by atoms with Gasteiger partial charge in [-0.1, -0.05) is 35.5 Å². The van der Waals surface area contributed by atoms with Crippen molar-refractivity contribution >= 4 is 39.3 Å². The molecule has 1 fully saturated rings. The molecule has 2 aromatic rings. The number of rotatable bonds is 7. The number of carbonyl (C=O) groups is 1. The number of carbonyl (C=O) groups excluding carboxylic acids is 1. The number of amides is 1. The van der Waals surface area contributed by atoms with Crippen molar-refractivity contribution in [2.75, 3.05) is 32.1 Å². The Labute approximate surface area is 173 Å². The molecule has 1 aromatic heterocycles. The van der Waals surface area contributed by atoms with E-state index >= 15 is 0 Å². The molecule has 150 valence electrons. The van der Waals surface area contributed by atoms with Crippen molar-refractivity contribution in [3.63, 3.8) is 0 Å². The van der Waals surface area contributed by atoms with Gasteiger partial charge in [0.05, 0.1) is 28.9 Å². The van der Waals surface area contributed by atoms with Crippen LogP contribution in [-0.4, -0.2) is 55.7 Å². The number of benzene rings is 1. The highest BCUT2D eigenvalue weighted by Gasteiger charge is 2.26. The number of nitrogens with zero attached hydrogens (tertiary/aromatic N) is 2. The van der Waals surface area contributed by atoms with Gasteiger partial charge >= 0.3 is 0 Å². The van der Waals surface area contributed by atoms with Crippen LogP contribution in [0, 0.1) is 0 Å². The summed E-state index contributed by atoms with van der Waals surface area (Å²) in [6, 6.07) is 9.99. The summed E-state index contributed by atoms with van der Waals surface area (Å²) in [4.78, 5) is 16.4. The van der Waals surface area contributed by atoms with E-state index in [9.17, 15) is 13.2 Å². The Morgan fingerprint density at radius 3 is 2.61 bits per heavy atom. The molecule has 1 aliphatic rings. The van der Waals surface area contributed by atoms with Crippen molar-refractivity contribution in [2.45, 2.75) is 16.5 Å². The number of halogens is 1. The highest BCUT2D eigenvalue weighted by Crippen LogP contribution is 2.23. The molecule has 28 heavy (non-hydrogen) atoms. The van der Waals surface area contributed by atoms with Crippen LogP contribution in [-0.2, 0) is 26.1 Å². The van der Waals surface area contributed by atoms with Gasteiger partial charge in [-0.05, 0) is 29.8 Å². The van der Waals surface area contributed by atoms with Crippen LogP contribution in [0.25, 0.3) is 0 Å². The van der Waals surface area contributed by atoms with E-state index in [1.165, 1.54) is 16.1 Å². The maximum atomic E-state index is 12.6. The van der Waals surface area contributed by atoms with Gasteiger partial charge in [0.1, 0.15) is 5.03 Å². The summed E-state index contributed by atoms with van der Waals surface area (Å²) >= 11 is 7.28. The quantitative estimate of drug-likeness (QED) is 0.662. The zero-order valence-corrected chi connectivity index (χ0v) is 17.4. The third-order valence-electron chi connectivity index (χ3n) is 4.09. The first-order valence-corrected chi connectivity index (χ1v) is 11.4. The number of hydrogen-bond acceptors (Lipinski definition) is 6. The van der Waals surface area contributed by atoms with Gasteiger partial charge in [0.2, 0.25) is 15.9 Å². The molecule has 1 saturated heterocycles. The van der Waals surface area contributed by atoms with E-state index in [1.807, 2.05) is 0 Å². The lowest BCUT2D eigenvalue weighted by Crippen LogP contribution is -2.40. The minimum atomic E-state index is -3.51. The minimum Gasteiger partial charge on any atom is -0.379 e. The van der Waals surface area contributed by atoms with E-state index in [4.69, 9.17) is 16.3 Å². The van der Waals surface area contributed by atoms with Crippen molar-refractivity contribution < 1.29 is 17.9 Å². The monoisotopic (exact) mass is 441 g/mol. The smallest absolute Gasteiger partial charge is 0.243 e. The third kappa shape index (κ3) is 5.45. The van der Waals surface area contributed by atoms with E-state index in [0.717, 1.165) is 5.56 Å². The van der Waals surface area contributed by atoms with Crippen LogP contribution in [0.1, 0.15) is 5.56 Å². The first-order valence-electron chi connectivity index (χ1n) is 8.63. The Morgan fingerprint density at radius 1 is 1.21 bits per heavy atom. The number of thioether (sulfide) groups is 1. The number of hydrogen-bond donors (Lipinski definition) is 1. The Kier molecular flexibility index (Phi) is 7.30. The summed E-state index contributed by atoms with van der Waals surface area (Å²) in [5.74, 6) is 0.0389. The van der Waals surface area contributed by atoms with Gasteiger partial charge in [0.25, 0.3) is 0 Å². The van der Waals surface area contributed by atoms with Crippen molar-refractivity contribution in [3.8, 4) is 0 Å². The second kappa shape index (κ2) is 9.71. The molecule has 0 spiro atoms. The molecule has 0 atom stereocenters. The third-order valence-corrected chi connectivity index (χ3v) is 7.42. The highest BCUT2D eigenvalue weighted by molar-refractivity contribution is 8.00. The van der Waals surface area contributed by atoms with E-state index in [0.29, 0.717) is 42.9 Å². The number of morpholine rings is 1. The second-order valence-electron chi connectivity index (χ2n) is 6.02. The standard InChI is InChI=1S/C18H20ClN3O4S2/c19-16-2-1-7-20-18(16)27-13-17(23)21-12-14-3-5-15(6-4-14)28(24,25)22-8-10-26-11-9-22/h1-7H,8-13H2,(H,21,23). The Morgan fingerprint density at radius 2 is 1.93 bits per heavy atom. The van der Waals surface area contributed by atoms with Crippen molar-refractivity contribution in [1.82, 2.24) is 14.6 Å². The lowest BCUT2D eigenvalue weighted by Gasteiger charge is -2.26. The van der Waals surface area contributed by atoms with Gasteiger partial charge in [-0.25, -0.2) is 13.4 Å². The van der Waals surface area contributed by atoms with Crippen LogP contribution in [0.5, 0.6) is 0 Å². The van der Waals surface area contributed by atoms with Gasteiger partial charge < -0.3 is 10.1 Å². The lowest BCUT2D eigenvalue weighted by atomic mass is 10.2. The van der Waals surface area contributed by atoms with E-state index in [2.05, 4.69) is 10.3 Å². The summed E-state index contributed by atoms with van der Waals surface area (Å²) in [6.07, 6.45) is 1.62. The number of nitrogens with one attached hydrogen (secondary N) is 1. The van der Waals surface area contributed by atoms with Gasteiger partial charge in [0.15, 0.2) is 0 Å². The van der Waals surface area contributed by atoms with E-state index < -0.39 is 10.0 Å². The summed E-state index contributed by atoms with van der Waals surface area (Å²) in [5, 5.41) is 3.92. The predicted molar refractivity (Wildman–Crippen MR) is 108 cm³/mol. The molecule has 1 amide bonds. The molecule has 0 radical (unpaired) electrons. The first kappa shape index (κ1) is 21.1. The second-order valence-corrected chi connectivity index (χ2v) is 9.33. The van der Waals surface area contributed by atoms with Gasteiger partial charge in [0, 0.05) is 25.8 Å². The number of sulfonamides is 1. The molecule has 3 rings (SSSR count). The Balaban J connectivity index is 1.51. The first-order chi connectivity index (χ1) is 13.5. The number of pyridine rings is 1. The van der Waals surface area contributed by atoms with Gasteiger partial charge in [-0.15, -0.1) is 0 Å². The average Bonchev–Trinajstić information content (AvgIpc) is 2.72. The van der Waals surface area contributed by atoms with Crippen LogP contribution >= 0.6 is 23.4 Å². The molecule has 0 unspecified atom stereocenters. The lowest BCUT2D eigenvalue weighted by molar-refractivity contribution is -0.118. The highest BCUT2D eigenvalue weighted by atomic mass is 35.5. The Hall–Kier alpha value is -1.65. The van der Waals surface area contributed by atoms with E-state index in [1.54, 1.807) is 42.6 Å². The fraction of sp³-hybridized carbons (Fsp3) is 0.333. The SMILES string of the molecule is O=C(CSc1ncccc1Cl)NCc1ccc(S(=O)(=O)N2CCOCC2)cc1. The molecule has 1 aromatic carbocycles. The zero-order chi connectivity index (χ0) is 20.0. The van der Waals surface area contributed by atoms with Crippen LogP contribution in [0.15, 0.2) is 52.5 Å². The predicted octanol–water partition coefficient (Wildman–Crippen LogP) is 2.16. The molecule has 1 N–H and O–H groups in total. The molecule has 10 heteroatoms. The molecule has 2 heterocycles. The van der Waals surface area contributed by atoms with Crippen LogP contribution in [0.2, 0.25) is 5.02 Å². The maximum absolute atomic E-state index is 12.6. The van der Waals surface area contributed by atoms with Crippen molar-refractivity contribution in [2.24, 2.45) is 0 Å². The molecule has 0 aliphatic carbocycles. The van der Waals surface area contributed by atoms with Crippen molar-refractivity contribution in [3.05, 3.63) is 53.2 Å². The summed E-state index contributed by atoms with van der Waals surface area (Å²) in [5.41, 5.74) is 0.815. The van der Waals surface area contributed by atoms with Crippen LogP contribution < -0.4 is 5.32 Å². The summed E-state index contributed by atoms with van der Waals surface area (Å²) in [6.45, 7) is 1.85. The molecule has 7 nitrogen and oxygen atoms in total. The Bertz CT molecular complexity index is 917. The maximum Gasteiger partial charge on any atom is 0.243 e. The molecule has 0 bridgehead atoms. The van der Waals surface area contributed by atoms with Crippen LogP contribution in [0.4, 0.5) is 0 Å². The summed E-state index contributed by atoms with van der Waals surface area (Å²) in [7, 11) is -3.51. The average molecular weight is 442 g/mol. The van der Waals surface area contributed by atoms with Crippen molar-refractivity contribution in [1.29, 1.82) is 0 Å². The molecular formula is C18H20ClN3O4S2. The number of aromatic nitrogens is 1. The van der Waals surface area contributed by atoms with E-state index in [-0.39, 0.29) is 16.6 Å². The molecular weight excluding hydrogens is 422 g/mol. The number of ether oxygens (including phenoxy) is 1. The summed E-state index contributed by atoms with van der Waals surface area (Å²) < 4.78 is 31.8. The fourth-order valence-corrected chi connectivity index (χ4v) is 4.98. The zero-order valence-electron chi connectivity index (χ0n) is 15.0. The molecule has 0 saturated carbocycles.